The first-order chi connectivity index (χ1) is 15.5. The van der Waals surface area contributed by atoms with E-state index in [1.54, 1.807) is 18.7 Å². The van der Waals surface area contributed by atoms with Crippen LogP contribution in [0.4, 0.5) is 0 Å². The maximum Gasteiger partial charge on any atom is 0.251 e. The third-order valence-corrected chi connectivity index (χ3v) is 7.43. The van der Waals surface area contributed by atoms with E-state index in [1.165, 1.54) is 42.4 Å². The van der Waals surface area contributed by atoms with Gasteiger partial charge in [-0.25, -0.2) is 0 Å². The van der Waals surface area contributed by atoms with E-state index in [9.17, 15) is 4.79 Å². The molecule has 2 aliphatic rings. The van der Waals surface area contributed by atoms with Crippen molar-refractivity contribution in [2.24, 2.45) is 16.8 Å². The SMILES string of the molecule is Cc1ccccc1C1CCC2C(CC1)C2c1ccc(C(=O)NCC/C=N/C(C)O)cc1C. The molecule has 0 heterocycles. The van der Waals surface area contributed by atoms with Crippen LogP contribution in [0.1, 0.15) is 83.5 Å². The zero-order valence-electron chi connectivity index (χ0n) is 19.6. The summed E-state index contributed by atoms with van der Waals surface area (Å²) < 4.78 is 0. The van der Waals surface area contributed by atoms with Crippen LogP contribution in [0.15, 0.2) is 47.5 Å². The average Bonchev–Trinajstić information content (AvgIpc) is 3.49. The molecule has 3 atom stereocenters. The highest BCUT2D eigenvalue weighted by atomic mass is 16.3. The standard InChI is InChI=1S/C28H36N2O2/c1-18-7-4-5-8-23(18)21-9-13-25-26(14-10-21)27(25)24-12-11-22(17-19(24)2)28(32)30-16-6-15-29-20(3)31/h4-5,7-8,11-12,15,17,20-21,25-27,31H,6,9-10,13-14,16H2,1-3H3,(H,30,32)/b29-15+. The number of aryl methyl sites for hydroxylation is 2. The number of aliphatic hydroxyl groups is 1. The van der Waals surface area contributed by atoms with E-state index in [0.29, 0.717) is 24.8 Å². The predicted molar refractivity (Wildman–Crippen MR) is 130 cm³/mol. The molecule has 4 nitrogen and oxygen atoms in total. The minimum absolute atomic E-state index is 0.0452. The fourth-order valence-electron chi connectivity index (χ4n) is 5.75. The Morgan fingerprint density at radius 2 is 1.78 bits per heavy atom. The van der Waals surface area contributed by atoms with Crippen LogP contribution in [-0.4, -0.2) is 30.0 Å². The number of aliphatic imine (C=N–C) groups is 1. The van der Waals surface area contributed by atoms with Crippen molar-refractivity contribution < 1.29 is 9.90 Å². The molecule has 3 unspecified atom stereocenters. The lowest BCUT2D eigenvalue weighted by Gasteiger charge is -2.19. The van der Waals surface area contributed by atoms with E-state index in [0.717, 1.165) is 17.4 Å². The van der Waals surface area contributed by atoms with Crippen molar-refractivity contribution in [2.45, 2.75) is 70.9 Å². The average molecular weight is 433 g/mol. The second-order valence-corrected chi connectivity index (χ2v) is 9.64. The van der Waals surface area contributed by atoms with Crippen LogP contribution in [0.5, 0.6) is 0 Å². The van der Waals surface area contributed by atoms with Crippen LogP contribution < -0.4 is 5.32 Å². The van der Waals surface area contributed by atoms with Crippen LogP contribution >= 0.6 is 0 Å². The molecule has 2 aromatic rings. The van der Waals surface area contributed by atoms with Crippen LogP contribution in [0.3, 0.4) is 0 Å². The largest absolute Gasteiger partial charge is 0.372 e. The third-order valence-electron chi connectivity index (χ3n) is 7.43. The maximum atomic E-state index is 12.5. The first-order valence-corrected chi connectivity index (χ1v) is 12.1. The van der Waals surface area contributed by atoms with E-state index in [1.807, 2.05) is 12.1 Å². The van der Waals surface area contributed by atoms with Crippen LogP contribution in [-0.2, 0) is 0 Å². The van der Waals surface area contributed by atoms with E-state index in [4.69, 9.17) is 5.11 Å². The second-order valence-electron chi connectivity index (χ2n) is 9.64. The Kier molecular flexibility index (Phi) is 7.10. The Bertz CT molecular complexity index is 967. The topological polar surface area (TPSA) is 61.7 Å². The molecule has 2 saturated carbocycles. The molecule has 0 aromatic heterocycles. The van der Waals surface area contributed by atoms with Gasteiger partial charge >= 0.3 is 0 Å². The van der Waals surface area contributed by atoms with Crippen molar-refractivity contribution in [3.8, 4) is 0 Å². The zero-order valence-corrected chi connectivity index (χ0v) is 19.6. The number of aliphatic hydroxyl groups excluding tert-OH is 1. The van der Waals surface area contributed by atoms with E-state index in [-0.39, 0.29) is 5.91 Å². The fraction of sp³-hybridized carbons (Fsp3) is 0.500. The summed E-state index contributed by atoms with van der Waals surface area (Å²) in [7, 11) is 0. The smallest absolute Gasteiger partial charge is 0.251 e. The molecule has 170 valence electrons. The summed E-state index contributed by atoms with van der Waals surface area (Å²) in [5.41, 5.74) is 6.38. The van der Waals surface area contributed by atoms with Gasteiger partial charge in [0.15, 0.2) is 0 Å². The highest BCUT2D eigenvalue weighted by molar-refractivity contribution is 5.94. The molecular formula is C28H36N2O2. The molecule has 2 N–H and O–H groups in total. The molecule has 0 radical (unpaired) electrons. The van der Waals surface area contributed by atoms with Gasteiger partial charge in [-0.2, -0.15) is 0 Å². The van der Waals surface area contributed by atoms with Crippen molar-refractivity contribution in [1.29, 1.82) is 0 Å². The Hall–Kier alpha value is -2.46. The fourth-order valence-corrected chi connectivity index (χ4v) is 5.75. The first-order valence-electron chi connectivity index (χ1n) is 12.1. The predicted octanol–water partition coefficient (Wildman–Crippen LogP) is 5.52. The monoisotopic (exact) mass is 432 g/mol. The molecule has 0 aliphatic heterocycles. The number of carbonyl (C=O) groups is 1. The number of hydrogen-bond acceptors (Lipinski definition) is 3. The lowest BCUT2D eigenvalue weighted by molar-refractivity contribution is 0.0954. The molecule has 0 saturated heterocycles. The van der Waals surface area contributed by atoms with Gasteiger partial charge in [0.1, 0.15) is 6.23 Å². The summed E-state index contributed by atoms with van der Waals surface area (Å²) in [4.78, 5) is 16.4. The maximum absolute atomic E-state index is 12.5. The van der Waals surface area contributed by atoms with Crippen molar-refractivity contribution in [3.63, 3.8) is 0 Å². The molecule has 2 aromatic carbocycles. The molecule has 0 bridgehead atoms. The number of fused-ring (bicyclic) bond motifs is 1. The van der Waals surface area contributed by atoms with Crippen LogP contribution in [0, 0.1) is 25.7 Å². The summed E-state index contributed by atoms with van der Waals surface area (Å²) in [5.74, 6) is 2.94. The number of amides is 1. The van der Waals surface area contributed by atoms with Gasteiger partial charge in [0, 0.05) is 18.3 Å². The van der Waals surface area contributed by atoms with E-state index < -0.39 is 6.23 Å². The summed E-state index contributed by atoms with van der Waals surface area (Å²) in [5, 5.41) is 12.1. The van der Waals surface area contributed by atoms with Crippen LogP contribution in [0.25, 0.3) is 0 Å². The molecule has 0 spiro atoms. The number of nitrogens with one attached hydrogen (secondary N) is 1. The van der Waals surface area contributed by atoms with Gasteiger partial charge in [-0.3, -0.25) is 9.79 Å². The zero-order chi connectivity index (χ0) is 22.7. The Labute approximate surface area is 192 Å². The van der Waals surface area contributed by atoms with Gasteiger partial charge < -0.3 is 10.4 Å². The normalized spacial score (nSPS) is 25.8. The summed E-state index contributed by atoms with van der Waals surface area (Å²) in [6.07, 6.45) is 6.78. The molecule has 4 rings (SSSR count). The van der Waals surface area contributed by atoms with Crippen molar-refractivity contribution in [2.75, 3.05) is 6.54 Å². The summed E-state index contributed by atoms with van der Waals surface area (Å²) >= 11 is 0. The van der Waals surface area contributed by atoms with E-state index >= 15 is 0 Å². The molecule has 1 amide bonds. The molecule has 4 heteroatoms. The van der Waals surface area contributed by atoms with Gasteiger partial charge in [-0.1, -0.05) is 30.3 Å². The quantitative estimate of drug-likeness (QED) is 0.447. The first kappa shape index (κ1) is 22.7. The second kappa shape index (κ2) is 9.99. The summed E-state index contributed by atoms with van der Waals surface area (Å²) in [6, 6.07) is 15.1. The van der Waals surface area contributed by atoms with Gasteiger partial charge in [-0.15, -0.1) is 0 Å². The van der Waals surface area contributed by atoms with Gasteiger partial charge in [0.2, 0.25) is 0 Å². The lowest BCUT2D eigenvalue weighted by atomic mass is 9.86. The Morgan fingerprint density at radius 3 is 2.44 bits per heavy atom. The molecule has 2 fully saturated rings. The Morgan fingerprint density at radius 1 is 1.06 bits per heavy atom. The number of rotatable bonds is 7. The highest BCUT2D eigenvalue weighted by Crippen LogP contribution is 2.62. The molecular weight excluding hydrogens is 396 g/mol. The van der Waals surface area contributed by atoms with Gasteiger partial charge in [0.25, 0.3) is 5.91 Å². The number of benzene rings is 2. The van der Waals surface area contributed by atoms with Gasteiger partial charge in [0.05, 0.1) is 0 Å². The number of carbonyl (C=O) groups excluding carboxylic acids is 1. The number of hydrogen-bond donors (Lipinski definition) is 2. The third kappa shape index (κ3) is 5.12. The minimum atomic E-state index is -0.690. The Balaban J connectivity index is 1.33. The van der Waals surface area contributed by atoms with Crippen molar-refractivity contribution in [3.05, 3.63) is 70.3 Å². The lowest BCUT2D eigenvalue weighted by Crippen LogP contribution is -2.24. The van der Waals surface area contributed by atoms with E-state index in [2.05, 4.69) is 54.5 Å². The van der Waals surface area contributed by atoms with Gasteiger partial charge in [-0.05, 0) is 111 Å². The summed E-state index contributed by atoms with van der Waals surface area (Å²) in [6.45, 7) is 6.52. The number of nitrogens with zero attached hydrogens (tertiary/aromatic N) is 1. The highest BCUT2D eigenvalue weighted by Gasteiger charge is 2.51. The van der Waals surface area contributed by atoms with Crippen LogP contribution in [0.2, 0.25) is 0 Å². The van der Waals surface area contributed by atoms with Crippen molar-refractivity contribution in [1.82, 2.24) is 5.32 Å². The molecule has 2 aliphatic carbocycles. The molecule has 32 heavy (non-hydrogen) atoms. The minimum Gasteiger partial charge on any atom is -0.372 e. The van der Waals surface area contributed by atoms with Crippen molar-refractivity contribution >= 4 is 12.1 Å².